The van der Waals surface area contributed by atoms with Gasteiger partial charge < -0.3 is 0 Å². The number of nitrogens with zero attached hydrogens (tertiary/aromatic N) is 3. The van der Waals surface area contributed by atoms with Crippen LogP contribution in [0.1, 0.15) is 12.5 Å². The number of aryl methyl sites for hydroxylation is 1. The Balaban J connectivity index is 2.33. The Morgan fingerprint density at radius 1 is 1.17 bits per heavy atom. The van der Waals surface area contributed by atoms with E-state index < -0.39 is 0 Å². The average Bonchev–Trinajstić information content (AvgIpc) is 2.84. The fourth-order valence-corrected chi connectivity index (χ4v) is 2.12. The number of para-hydroxylation sites is 1. The van der Waals surface area contributed by atoms with E-state index in [1.807, 2.05) is 49.5 Å². The van der Waals surface area contributed by atoms with Gasteiger partial charge in [0, 0.05) is 6.20 Å². The summed E-state index contributed by atoms with van der Waals surface area (Å²) in [6.07, 6.45) is 4.21. The number of hydrogen-bond donors (Lipinski definition) is 0. The van der Waals surface area contributed by atoms with Gasteiger partial charge in [0.05, 0.1) is 5.69 Å². The maximum absolute atomic E-state index is 12.5. The molecule has 4 nitrogen and oxygen atoms in total. The molecule has 3 rings (SSSR count). The van der Waals surface area contributed by atoms with Crippen LogP contribution in [0.2, 0.25) is 0 Å². The molecule has 0 aliphatic carbocycles. The molecule has 0 saturated heterocycles. The van der Waals surface area contributed by atoms with E-state index in [-0.39, 0.29) is 5.56 Å². The summed E-state index contributed by atoms with van der Waals surface area (Å²) in [7, 11) is 0. The molecule has 0 unspecified atom stereocenters. The topological polar surface area (TPSA) is 39.3 Å². The van der Waals surface area contributed by atoms with Crippen LogP contribution in [0.3, 0.4) is 0 Å². The van der Waals surface area contributed by atoms with Crippen LogP contribution in [-0.2, 0) is 6.42 Å². The summed E-state index contributed by atoms with van der Waals surface area (Å²) in [5.41, 5.74) is 2.49. The summed E-state index contributed by atoms with van der Waals surface area (Å²) in [5.74, 6) is 0. The summed E-state index contributed by atoms with van der Waals surface area (Å²) in [6, 6.07) is 11.5. The molecule has 0 atom stereocenters. The molecule has 4 heteroatoms. The molecule has 0 radical (unpaired) electrons. The first-order valence-electron chi connectivity index (χ1n) is 5.94. The van der Waals surface area contributed by atoms with E-state index in [9.17, 15) is 4.79 Å². The van der Waals surface area contributed by atoms with E-state index in [0.29, 0.717) is 5.52 Å². The SMILES string of the molecule is CCc1ccn2ncn(-c3ccccc3)c(=O)c12. The zero-order chi connectivity index (χ0) is 12.5. The minimum atomic E-state index is -0.0296. The number of hydrogen-bond acceptors (Lipinski definition) is 2. The molecule has 0 N–H and O–H groups in total. The molecule has 90 valence electrons. The fraction of sp³-hybridized carbons (Fsp3) is 0.143. The van der Waals surface area contributed by atoms with Crippen LogP contribution in [0.4, 0.5) is 0 Å². The molecule has 3 aromatic rings. The van der Waals surface area contributed by atoms with Gasteiger partial charge in [0.2, 0.25) is 0 Å². The minimum absolute atomic E-state index is 0.0296. The van der Waals surface area contributed by atoms with Crippen LogP contribution in [0.5, 0.6) is 0 Å². The van der Waals surface area contributed by atoms with E-state index >= 15 is 0 Å². The van der Waals surface area contributed by atoms with E-state index in [2.05, 4.69) is 5.10 Å². The molecular formula is C14H13N3O. The lowest BCUT2D eigenvalue weighted by Gasteiger charge is -2.05. The second kappa shape index (κ2) is 4.14. The largest absolute Gasteiger partial charge is 0.282 e. The van der Waals surface area contributed by atoms with Crippen molar-refractivity contribution in [2.24, 2.45) is 0 Å². The van der Waals surface area contributed by atoms with Gasteiger partial charge in [0.25, 0.3) is 5.56 Å². The van der Waals surface area contributed by atoms with Crippen molar-refractivity contribution >= 4 is 5.52 Å². The van der Waals surface area contributed by atoms with E-state index in [0.717, 1.165) is 17.7 Å². The Morgan fingerprint density at radius 2 is 1.94 bits per heavy atom. The molecule has 0 bridgehead atoms. The Morgan fingerprint density at radius 3 is 2.67 bits per heavy atom. The summed E-state index contributed by atoms with van der Waals surface area (Å²) < 4.78 is 3.22. The van der Waals surface area contributed by atoms with Crippen LogP contribution >= 0.6 is 0 Å². The van der Waals surface area contributed by atoms with Crippen molar-refractivity contribution in [1.82, 2.24) is 14.2 Å². The molecule has 18 heavy (non-hydrogen) atoms. The van der Waals surface area contributed by atoms with E-state index in [4.69, 9.17) is 0 Å². The predicted molar refractivity (Wildman–Crippen MR) is 70.2 cm³/mol. The predicted octanol–water partition coefficient (Wildman–Crippen LogP) is 2.05. The highest BCUT2D eigenvalue weighted by Crippen LogP contribution is 2.09. The maximum Gasteiger partial charge on any atom is 0.282 e. The normalized spacial score (nSPS) is 10.9. The van der Waals surface area contributed by atoms with E-state index in [1.165, 1.54) is 0 Å². The second-order valence-electron chi connectivity index (χ2n) is 4.13. The standard InChI is InChI=1S/C14H13N3O/c1-2-11-8-9-17-13(11)14(18)16(10-15-17)12-6-4-3-5-7-12/h3-10H,2H2,1H3. The summed E-state index contributed by atoms with van der Waals surface area (Å²) in [6.45, 7) is 2.04. The molecule has 0 fully saturated rings. The highest BCUT2D eigenvalue weighted by molar-refractivity contribution is 5.54. The van der Waals surface area contributed by atoms with Gasteiger partial charge in [0.15, 0.2) is 0 Å². The van der Waals surface area contributed by atoms with Gasteiger partial charge in [-0.05, 0) is 30.2 Å². The number of fused-ring (bicyclic) bond motifs is 1. The van der Waals surface area contributed by atoms with Crippen molar-refractivity contribution in [1.29, 1.82) is 0 Å². The van der Waals surface area contributed by atoms with Gasteiger partial charge in [0.1, 0.15) is 11.8 Å². The molecule has 0 aliphatic rings. The average molecular weight is 239 g/mol. The molecule has 0 aliphatic heterocycles. The Hall–Kier alpha value is -2.36. The van der Waals surface area contributed by atoms with Gasteiger partial charge in [-0.3, -0.25) is 9.36 Å². The van der Waals surface area contributed by atoms with Gasteiger partial charge in [-0.15, -0.1) is 0 Å². The van der Waals surface area contributed by atoms with Crippen molar-refractivity contribution in [3.8, 4) is 5.69 Å². The van der Waals surface area contributed by atoms with Crippen LogP contribution in [0, 0.1) is 0 Å². The first kappa shape index (κ1) is 10.8. The first-order valence-corrected chi connectivity index (χ1v) is 5.94. The third-order valence-corrected chi connectivity index (χ3v) is 3.08. The summed E-state index contributed by atoms with van der Waals surface area (Å²) in [4.78, 5) is 12.5. The number of aromatic nitrogens is 3. The molecule has 0 saturated carbocycles. The lowest BCUT2D eigenvalue weighted by Crippen LogP contribution is -2.21. The van der Waals surface area contributed by atoms with Gasteiger partial charge in [-0.25, -0.2) is 4.52 Å². The molecule has 2 aromatic heterocycles. The Bertz CT molecular complexity index is 741. The quantitative estimate of drug-likeness (QED) is 0.686. The van der Waals surface area contributed by atoms with Gasteiger partial charge in [-0.2, -0.15) is 5.10 Å². The third-order valence-electron chi connectivity index (χ3n) is 3.08. The van der Waals surface area contributed by atoms with Crippen LogP contribution in [0.25, 0.3) is 11.2 Å². The monoisotopic (exact) mass is 239 g/mol. The highest BCUT2D eigenvalue weighted by atomic mass is 16.1. The fourth-order valence-electron chi connectivity index (χ4n) is 2.12. The Kier molecular flexibility index (Phi) is 2.48. The van der Waals surface area contributed by atoms with Gasteiger partial charge in [-0.1, -0.05) is 25.1 Å². The zero-order valence-corrected chi connectivity index (χ0v) is 10.1. The van der Waals surface area contributed by atoms with Gasteiger partial charge >= 0.3 is 0 Å². The zero-order valence-electron chi connectivity index (χ0n) is 10.1. The van der Waals surface area contributed by atoms with Crippen LogP contribution in [-0.4, -0.2) is 14.2 Å². The second-order valence-corrected chi connectivity index (χ2v) is 4.13. The molecule has 0 amide bonds. The van der Waals surface area contributed by atoms with Crippen molar-refractivity contribution in [3.63, 3.8) is 0 Å². The lowest BCUT2D eigenvalue weighted by molar-refractivity contribution is 0.824. The van der Waals surface area contributed by atoms with Crippen LogP contribution < -0.4 is 5.56 Å². The van der Waals surface area contributed by atoms with Crippen molar-refractivity contribution in [2.45, 2.75) is 13.3 Å². The molecule has 2 heterocycles. The van der Waals surface area contributed by atoms with Crippen molar-refractivity contribution < 1.29 is 0 Å². The number of rotatable bonds is 2. The van der Waals surface area contributed by atoms with Crippen molar-refractivity contribution in [3.05, 3.63) is 64.8 Å². The third kappa shape index (κ3) is 1.54. The summed E-state index contributed by atoms with van der Waals surface area (Å²) in [5, 5.41) is 4.27. The molecular weight excluding hydrogens is 226 g/mol. The minimum Gasteiger partial charge on any atom is -0.266 e. The van der Waals surface area contributed by atoms with Crippen molar-refractivity contribution in [2.75, 3.05) is 0 Å². The highest BCUT2D eigenvalue weighted by Gasteiger charge is 2.09. The lowest BCUT2D eigenvalue weighted by atomic mass is 10.2. The maximum atomic E-state index is 12.5. The van der Waals surface area contributed by atoms with Crippen LogP contribution in [0.15, 0.2) is 53.7 Å². The first-order chi connectivity index (χ1) is 8.81. The molecule has 1 aromatic carbocycles. The Labute approximate surface area is 104 Å². The number of benzene rings is 1. The smallest absolute Gasteiger partial charge is 0.266 e. The summed E-state index contributed by atoms with van der Waals surface area (Å²) >= 11 is 0. The molecule has 0 spiro atoms. The van der Waals surface area contributed by atoms with E-state index in [1.54, 1.807) is 15.4 Å².